The molecule has 0 heterocycles. The minimum atomic E-state index is -2.45. The second kappa shape index (κ2) is 8.20. The lowest BCUT2D eigenvalue weighted by Gasteiger charge is -2.16. The van der Waals surface area contributed by atoms with Crippen LogP contribution in [0.15, 0.2) is 0 Å². The van der Waals surface area contributed by atoms with Crippen molar-refractivity contribution >= 4 is 58.4 Å². The molecule has 0 aromatic rings. The molecule has 0 aliphatic heterocycles. The molecule has 0 radical (unpaired) electrons. The van der Waals surface area contributed by atoms with Crippen LogP contribution < -0.4 is 0 Å². The van der Waals surface area contributed by atoms with Crippen molar-refractivity contribution in [1.82, 2.24) is 0 Å². The Balaban J connectivity index is 4.38. The average Bonchev–Trinajstić information content (AvgIpc) is 2.21. The van der Waals surface area contributed by atoms with Gasteiger partial charge in [0.25, 0.3) is 0 Å². The van der Waals surface area contributed by atoms with Crippen LogP contribution in [-0.2, 0) is 21.6 Å². The van der Waals surface area contributed by atoms with E-state index in [0.29, 0.717) is 0 Å². The van der Waals surface area contributed by atoms with Gasteiger partial charge in [-0.05, 0) is 39.3 Å². The maximum atomic E-state index is 12.0. The summed E-state index contributed by atoms with van der Waals surface area (Å²) in [6, 6.07) is 0. The summed E-state index contributed by atoms with van der Waals surface area (Å²) in [5, 5.41) is 0. The molecule has 0 fully saturated rings. The van der Waals surface area contributed by atoms with Crippen LogP contribution in [0.25, 0.3) is 0 Å². The first-order chi connectivity index (χ1) is 8.04. The Bertz CT molecular complexity index is 338. The van der Waals surface area contributed by atoms with Gasteiger partial charge in [0.05, 0.1) is 0 Å². The molecule has 1 unspecified atom stereocenters. The van der Waals surface area contributed by atoms with E-state index in [4.69, 9.17) is 8.23 Å². The number of hydrogen-bond acceptors (Lipinski definition) is 5. The van der Waals surface area contributed by atoms with Crippen LogP contribution in [0.3, 0.4) is 0 Å². The molecule has 1 atom stereocenters. The first-order valence-electron chi connectivity index (χ1n) is 5.95. The second-order valence-electron chi connectivity index (χ2n) is 5.34. The van der Waals surface area contributed by atoms with Crippen molar-refractivity contribution in [2.45, 2.75) is 39.3 Å². The fourth-order valence-corrected chi connectivity index (χ4v) is 51.7. The van der Waals surface area contributed by atoms with E-state index in [1.165, 1.54) is 0 Å². The molecule has 0 rings (SSSR count). The van der Waals surface area contributed by atoms with Crippen LogP contribution in [0, 0.1) is 0 Å². The third kappa shape index (κ3) is 8.10. The summed E-state index contributed by atoms with van der Waals surface area (Å²) in [5.41, 5.74) is 0. The molecule has 0 amide bonds. The Morgan fingerprint density at radius 1 is 1.06 bits per heavy atom. The molecule has 0 spiro atoms. The predicted molar refractivity (Wildman–Crippen MR) is 85.3 cm³/mol. The van der Waals surface area contributed by atoms with Gasteiger partial charge in [0.15, 0.2) is 17.4 Å². The maximum Gasteiger partial charge on any atom is 0.370 e. The monoisotopic (exact) mass is 370 g/mol. The molecule has 0 saturated heterocycles. The summed E-state index contributed by atoms with van der Waals surface area (Å²) < 4.78 is 47.1. The molecule has 0 aliphatic rings. The molecule has 5 nitrogen and oxygen atoms in total. The van der Waals surface area contributed by atoms with Crippen LogP contribution in [0.4, 0.5) is 0 Å². The molecule has 18 heavy (non-hydrogen) atoms. The van der Waals surface area contributed by atoms with Gasteiger partial charge in [-0.2, -0.15) is 0 Å². The van der Waals surface area contributed by atoms with Crippen LogP contribution in [-0.4, -0.2) is 58.4 Å². The van der Waals surface area contributed by atoms with Gasteiger partial charge in [-0.3, -0.25) is 0 Å². The normalized spacial score (nSPS) is 14.2. The van der Waals surface area contributed by atoms with E-state index < -0.39 is 58.4 Å². The molecule has 0 saturated carbocycles. The second-order valence-corrected chi connectivity index (χ2v) is 35.8. The van der Waals surface area contributed by atoms with Gasteiger partial charge in [0, 0.05) is 0 Å². The fraction of sp³-hybridized carbons (Fsp3) is 1.00. The van der Waals surface area contributed by atoms with Gasteiger partial charge in [0.1, 0.15) is 0 Å². The topological polar surface area (TPSA) is 69.7 Å². The maximum absolute atomic E-state index is 12.0. The van der Waals surface area contributed by atoms with Crippen LogP contribution in [0.2, 0.25) is 39.3 Å². The van der Waals surface area contributed by atoms with Crippen molar-refractivity contribution in [3.05, 3.63) is 0 Å². The number of rotatable bonds is 8. The minimum absolute atomic E-state index is 1.24. The molecule has 0 aromatic carbocycles. The van der Waals surface area contributed by atoms with E-state index in [-0.39, 0.29) is 0 Å². The number of hydrogen-bond donors (Lipinski definition) is 0. The summed E-state index contributed by atoms with van der Waals surface area (Å²) in [6.45, 7) is 11.9. The fourth-order valence-electron chi connectivity index (χ4n) is 1.14. The lowest BCUT2D eigenvalue weighted by molar-refractivity contribution is 0.541. The van der Waals surface area contributed by atoms with Gasteiger partial charge in [-0.25, -0.2) is 0 Å². The van der Waals surface area contributed by atoms with E-state index in [1.54, 1.807) is 0 Å². The molecule has 0 bridgehead atoms. The molecular weight excluding hydrogens is 349 g/mol. The van der Waals surface area contributed by atoms with Gasteiger partial charge in [-0.15, -0.1) is 0 Å². The summed E-state index contributed by atoms with van der Waals surface area (Å²) in [5.74, 6) is 0. The summed E-state index contributed by atoms with van der Waals surface area (Å²) in [6.07, 6.45) is 0. The lowest BCUT2D eigenvalue weighted by Crippen LogP contribution is -2.47. The van der Waals surface area contributed by atoms with Gasteiger partial charge < -0.3 is 21.6 Å². The Hall–Kier alpha value is 0.838. The van der Waals surface area contributed by atoms with E-state index in [2.05, 4.69) is 0 Å². The van der Waals surface area contributed by atoms with E-state index in [9.17, 15) is 13.4 Å². The Morgan fingerprint density at radius 3 is 1.94 bits per heavy atom. The lowest BCUT2D eigenvalue weighted by atomic mass is 11.8. The van der Waals surface area contributed by atoms with Crippen molar-refractivity contribution in [2.75, 3.05) is 0 Å². The van der Waals surface area contributed by atoms with Crippen molar-refractivity contribution in [1.29, 1.82) is 0 Å². The predicted octanol–water partition coefficient (Wildman–Crippen LogP) is -0.727. The molecule has 0 N–H and O–H groups in total. The van der Waals surface area contributed by atoms with Crippen LogP contribution in [0.5, 0.6) is 0 Å². The zero-order valence-corrected chi connectivity index (χ0v) is 19.6. The smallest absolute Gasteiger partial charge is 0.370 e. The zero-order valence-electron chi connectivity index (χ0n) is 11.9. The molecule has 12 heteroatoms. The van der Waals surface area contributed by atoms with Gasteiger partial charge >= 0.3 is 23.2 Å². The molecule has 0 aromatic heterocycles. The molecule has 104 valence electrons. The van der Waals surface area contributed by atoms with Crippen molar-refractivity contribution in [2.24, 2.45) is 0 Å². The van der Waals surface area contributed by atoms with Crippen molar-refractivity contribution in [3.8, 4) is 0 Å². The minimum Gasteiger partial charge on any atom is -0.458 e. The standard InChI is InChI=1S/C6H22O5Si7/c1-13(2)11-14(3)16(8)17(9)15(7)12-10-18(4,5)6/h13-14H,12H2,1-6H3. The van der Waals surface area contributed by atoms with Gasteiger partial charge in [0.2, 0.25) is 17.8 Å². The Morgan fingerprint density at radius 2 is 1.56 bits per heavy atom. The Kier molecular flexibility index (Phi) is 8.58. The first-order valence-corrected chi connectivity index (χ1v) is 24.7. The average molecular weight is 371 g/mol. The quantitative estimate of drug-likeness (QED) is 0.527. The first kappa shape index (κ1) is 18.8. The summed E-state index contributed by atoms with van der Waals surface area (Å²) in [7, 11) is -13.0. The highest BCUT2D eigenvalue weighted by Gasteiger charge is 2.36. The SMILES string of the molecule is C[SiH](C)O[SiH](C)[Si](=O)[Si](=O)[Si](=O)[SiH2]O[Si](C)(C)C. The zero-order chi connectivity index (χ0) is 14.5. The van der Waals surface area contributed by atoms with E-state index in [0.717, 1.165) is 0 Å². The third-order valence-corrected chi connectivity index (χ3v) is 40.9. The molecular formula is C6H22O5Si7. The van der Waals surface area contributed by atoms with E-state index >= 15 is 0 Å². The molecule has 0 aliphatic carbocycles. The van der Waals surface area contributed by atoms with Crippen LogP contribution >= 0.6 is 0 Å². The summed E-state index contributed by atoms with van der Waals surface area (Å²) >= 11 is 0. The highest BCUT2D eigenvalue weighted by Crippen LogP contribution is 2.00. The third-order valence-electron chi connectivity index (χ3n) is 1.96. The Labute approximate surface area is 119 Å². The highest BCUT2D eigenvalue weighted by atomic mass is 29.9. The summed E-state index contributed by atoms with van der Waals surface area (Å²) in [4.78, 5) is 0. The highest BCUT2D eigenvalue weighted by molar-refractivity contribution is 7.60. The largest absolute Gasteiger partial charge is 0.458 e. The van der Waals surface area contributed by atoms with Crippen LogP contribution in [0.1, 0.15) is 0 Å². The van der Waals surface area contributed by atoms with Gasteiger partial charge in [-0.1, -0.05) is 0 Å². The van der Waals surface area contributed by atoms with Crippen molar-refractivity contribution in [3.63, 3.8) is 0 Å². The van der Waals surface area contributed by atoms with E-state index in [1.807, 2.05) is 39.3 Å². The van der Waals surface area contributed by atoms with Crippen molar-refractivity contribution < 1.29 is 21.6 Å².